The van der Waals surface area contributed by atoms with Crippen LogP contribution in [0.25, 0.3) is 10.9 Å². The molecule has 0 N–H and O–H groups in total. The van der Waals surface area contributed by atoms with E-state index in [4.69, 9.17) is 4.74 Å². The summed E-state index contributed by atoms with van der Waals surface area (Å²) in [4.78, 5) is 4.29. The second kappa shape index (κ2) is 4.20. The fraction of sp³-hybridized carbons (Fsp3) is 0.250. The van der Waals surface area contributed by atoms with Gasteiger partial charge in [0.2, 0.25) is 0 Å². The molecule has 0 saturated heterocycles. The standard InChI is InChI=1S/C12H13NO/c1-2-14-9-10-5-3-7-12-11(10)6-4-8-13-12/h3-8H,2,9H2,1H3. The Labute approximate surface area is 83.5 Å². The maximum atomic E-state index is 5.40. The van der Waals surface area contributed by atoms with E-state index in [0.717, 1.165) is 12.1 Å². The first kappa shape index (κ1) is 9.16. The van der Waals surface area contributed by atoms with E-state index in [9.17, 15) is 0 Å². The molecule has 0 aliphatic carbocycles. The van der Waals surface area contributed by atoms with Gasteiger partial charge in [0.05, 0.1) is 12.1 Å². The van der Waals surface area contributed by atoms with Gasteiger partial charge in [-0.25, -0.2) is 0 Å². The first-order chi connectivity index (χ1) is 6.92. The molecule has 0 bridgehead atoms. The van der Waals surface area contributed by atoms with Gasteiger partial charge in [0.25, 0.3) is 0 Å². The number of hydrogen-bond acceptors (Lipinski definition) is 2. The predicted molar refractivity (Wildman–Crippen MR) is 57.1 cm³/mol. The fourth-order valence-corrected chi connectivity index (χ4v) is 1.50. The Kier molecular flexibility index (Phi) is 2.75. The van der Waals surface area contributed by atoms with E-state index >= 15 is 0 Å². The lowest BCUT2D eigenvalue weighted by molar-refractivity contribution is 0.135. The van der Waals surface area contributed by atoms with Gasteiger partial charge in [-0.3, -0.25) is 4.98 Å². The van der Waals surface area contributed by atoms with Crippen molar-refractivity contribution < 1.29 is 4.74 Å². The lowest BCUT2D eigenvalue weighted by Crippen LogP contribution is -1.93. The minimum Gasteiger partial charge on any atom is -0.377 e. The van der Waals surface area contributed by atoms with Crippen molar-refractivity contribution >= 4 is 10.9 Å². The van der Waals surface area contributed by atoms with Crippen molar-refractivity contribution in [2.45, 2.75) is 13.5 Å². The Morgan fingerprint density at radius 1 is 1.21 bits per heavy atom. The molecule has 0 unspecified atom stereocenters. The van der Waals surface area contributed by atoms with Gasteiger partial charge in [0, 0.05) is 18.2 Å². The second-order valence-electron chi connectivity index (χ2n) is 3.12. The average molecular weight is 187 g/mol. The quantitative estimate of drug-likeness (QED) is 0.737. The van der Waals surface area contributed by atoms with Crippen LogP contribution in [0.3, 0.4) is 0 Å². The SMILES string of the molecule is CCOCc1cccc2ncccc12. The second-order valence-corrected chi connectivity index (χ2v) is 3.12. The largest absolute Gasteiger partial charge is 0.377 e. The Balaban J connectivity index is 2.43. The van der Waals surface area contributed by atoms with Crippen LogP contribution in [0.2, 0.25) is 0 Å². The molecular formula is C12H13NO. The van der Waals surface area contributed by atoms with Gasteiger partial charge in [0.15, 0.2) is 0 Å². The summed E-state index contributed by atoms with van der Waals surface area (Å²) in [6, 6.07) is 10.2. The number of fused-ring (bicyclic) bond motifs is 1. The van der Waals surface area contributed by atoms with Crippen LogP contribution in [-0.2, 0) is 11.3 Å². The Bertz CT molecular complexity index is 420. The van der Waals surface area contributed by atoms with Gasteiger partial charge in [0.1, 0.15) is 0 Å². The zero-order chi connectivity index (χ0) is 9.80. The first-order valence-corrected chi connectivity index (χ1v) is 4.82. The lowest BCUT2D eigenvalue weighted by atomic mass is 10.1. The van der Waals surface area contributed by atoms with E-state index in [0.29, 0.717) is 6.61 Å². The molecule has 14 heavy (non-hydrogen) atoms. The van der Waals surface area contributed by atoms with Gasteiger partial charge in [-0.1, -0.05) is 18.2 Å². The van der Waals surface area contributed by atoms with Crippen molar-refractivity contribution in [3.05, 3.63) is 42.1 Å². The molecule has 1 heterocycles. The zero-order valence-corrected chi connectivity index (χ0v) is 8.23. The normalized spacial score (nSPS) is 10.6. The summed E-state index contributed by atoms with van der Waals surface area (Å²) in [6.07, 6.45) is 1.81. The number of benzene rings is 1. The van der Waals surface area contributed by atoms with E-state index in [-0.39, 0.29) is 0 Å². The van der Waals surface area contributed by atoms with Crippen LogP contribution in [0.4, 0.5) is 0 Å². The monoisotopic (exact) mass is 187 g/mol. The molecule has 0 spiro atoms. The third-order valence-corrected chi connectivity index (χ3v) is 2.20. The van der Waals surface area contributed by atoms with Crippen molar-refractivity contribution in [3.8, 4) is 0 Å². The van der Waals surface area contributed by atoms with Crippen LogP contribution >= 0.6 is 0 Å². The average Bonchev–Trinajstić information content (AvgIpc) is 2.26. The predicted octanol–water partition coefficient (Wildman–Crippen LogP) is 2.77. The smallest absolute Gasteiger partial charge is 0.0723 e. The maximum absolute atomic E-state index is 5.40. The van der Waals surface area contributed by atoms with Crippen molar-refractivity contribution in [3.63, 3.8) is 0 Å². The molecule has 0 aliphatic heterocycles. The lowest BCUT2D eigenvalue weighted by Gasteiger charge is -2.05. The topological polar surface area (TPSA) is 22.1 Å². The molecule has 2 heteroatoms. The number of hydrogen-bond donors (Lipinski definition) is 0. The highest BCUT2D eigenvalue weighted by atomic mass is 16.5. The van der Waals surface area contributed by atoms with E-state index in [1.165, 1.54) is 10.9 Å². The number of nitrogens with zero attached hydrogens (tertiary/aromatic N) is 1. The van der Waals surface area contributed by atoms with Gasteiger partial charge in [-0.05, 0) is 24.6 Å². The fourth-order valence-electron chi connectivity index (χ4n) is 1.50. The summed E-state index contributed by atoms with van der Waals surface area (Å²) >= 11 is 0. The summed E-state index contributed by atoms with van der Waals surface area (Å²) in [6.45, 7) is 3.42. The van der Waals surface area contributed by atoms with E-state index in [2.05, 4.69) is 17.1 Å². The molecule has 0 aliphatic rings. The van der Waals surface area contributed by atoms with Crippen LogP contribution in [0.15, 0.2) is 36.5 Å². The van der Waals surface area contributed by atoms with Gasteiger partial charge in [-0.2, -0.15) is 0 Å². The van der Waals surface area contributed by atoms with Gasteiger partial charge >= 0.3 is 0 Å². The Morgan fingerprint density at radius 2 is 2.14 bits per heavy atom. The molecule has 0 saturated carbocycles. The molecule has 2 nitrogen and oxygen atoms in total. The van der Waals surface area contributed by atoms with Crippen LogP contribution < -0.4 is 0 Å². The summed E-state index contributed by atoms with van der Waals surface area (Å²) in [5.41, 5.74) is 2.24. The first-order valence-electron chi connectivity index (χ1n) is 4.82. The van der Waals surface area contributed by atoms with Crippen molar-refractivity contribution in [1.29, 1.82) is 0 Å². The van der Waals surface area contributed by atoms with E-state index in [1.54, 1.807) is 0 Å². The van der Waals surface area contributed by atoms with Crippen molar-refractivity contribution in [1.82, 2.24) is 4.98 Å². The molecule has 0 fully saturated rings. The summed E-state index contributed by atoms with van der Waals surface area (Å²) in [5, 5.41) is 1.18. The molecule has 72 valence electrons. The molecule has 1 aromatic carbocycles. The minimum atomic E-state index is 0.666. The Hall–Kier alpha value is -1.41. The molecule has 2 aromatic rings. The van der Waals surface area contributed by atoms with Crippen LogP contribution in [0.5, 0.6) is 0 Å². The summed E-state index contributed by atoms with van der Waals surface area (Å²) < 4.78 is 5.40. The minimum absolute atomic E-state index is 0.666. The van der Waals surface area contributed by atoms with Gasteiger partial charge in [-0.15, -0.1) is 0 Å². The third-order valence-electron chi connectivity index (χ3n) is 2.20. The van der Waals surface area contributed by atoms with E-state index in [1.807, 2.05) is 31.3 Å². The molecular weight excluding hydrogens is 174 g/mol. The molecule has 1 aromatic heterocycles. The molecule has 0 atom stereocenters. The van der Waals surface area contributed by atoms with E-state index < -0.39 is 0 Å². The number of pyridine rings is 1. The zero-order valence-electron chi connectivity index (χ0n) is 8.23. The maximum Gasteiger partial charge on any atom is 0.0723 e. The number of ether oxygens (including phenoxy) is 1. The summed E-state index contributed by atoms with van der Waals surface area (Å²) in [7, 11) is 0. The molecule has 2 rings (SSSR count). The highest BCUT2D eigenvalue weighted by molar-refractivity contribution is 5.81. The number of aromatic nitrogens is 1. The van der Waals surface area contributed by atoms with Crippen LogP contribution in [0, 0.1) is 0 Å². The van der Waals surface area contributed by atoms with Crippen molar-refractivity contribution in [2.75, 3.05) is 6.61 Å². The third kappa shape index (κ3) is 1.75. The molecule has 0 amide bonds. The number of rotatable bonds is 3. The van der Waals surface area contributed by atoms with Gasteiger partial charge < -0.3 is 4.74 Å². The van der Waals surface area contributed by atoms with Crippen LogP contribution in [0.1, 0.15) is 12.5 Å². The summed E-state index contributed by atoms with van der Waals surface area (Å²) in [5.74, 6) is 0. The Morgan fingerprint density at radius 3 is 3.00 bits per heavy atom. The van der Waals surface area contributed by atoms with Crippen LogP contribution in [-0.4, -0.2) is 11.6 Å². The van der Waals surface area contributed by atoms with Crippen molar-refractivity contribution in [2.24, 2.45) is 0 Å². The highest BCUT2D eigenvalue weighted by Gasteiger charge is 1.99. The highest BCUT2D eigenvalue weighted by Crippen LogP contribution is 2.16. The molecule has 0 radical (unpaired) electrons.